The van der Waals surface area contributed by atoms with Gasteiger partial charge in [0.1, 0.15) is 0 Å². The minimum atomic E-state index is 0. The van der Waals surface area contributed by atoms with Crippen molar-refractivity contribution in [3.8, 4) is 0 Å². The summed E-state index contributed by atoms with van der Waals surface area (Å²) < 4.78 is 0. The molecule has 0 aliphatic heterocycles. The molecule has 0 fully saturated rings. The van der Waals surface area contributed by atoms with Crippen LogP contribution in [0.25, 0.3) is 0 Å². The van der Waals surface area contributed by atoms with E-state index < -0.39 is 0 Å². The van der Waals surface area contributed by atoms with Crippen LogP contribution in [0.4, 0.5) is 0 Å². The topological polar surface area (TPSA) is 15.6 Å². The van der Waals surface area contributed by atoms with Gasteiger partial charge in [-0.1, -0.05) is 0 Å². The molecule has 8 heavy (non-hydrogen) atoms. The Bertz CT molecular complexity index is 80.1. The molecule has 0 bridgehead atoms. The molecular formula is C4H10Cl2N2. The number of aliphatic imine (C=N–C) groups is 1. The number of rotatable bonds is 0. The lowest BCUT2D eigenvalue weighted by molar-refractivity contribution is 0.633. The minimum Gasteiger partial charge on any atom is -0.353 e. The summed E-state index contributed by atoms with van der Waals surface area (Å²) in [6.07, 6.45) is 0. The first kappa shape index (κ1) is 10.9. The summed E-state index contributed by atoms with van der Waals surface area (Å²) in [5.41, 5.74) is 0. The lowest BCUT2D eigenvalue weighted by Gasteiger charge is -2.05. The van der Waals surface area contributed by atoms with Crippen molar-refractivity contribution >= 4 is 29.3 Å². The van der Waals surface area contributed by atoms with Gasteiger partial charge in [0.2, 0.25) is 0 Å². The number of hydrogen-bond donors (Lipinski definition) is 0. The molecule has 0 rings (SSSR count). The fraction of sp³-hybridized carbons (Fsp3) is 0.750. The standard InChI is InChI=1S/C4H9ClN2.ClH/c1-6-4(5)7(2)3;/h1-3H3;1H. The average molecular weight is 157 g/mol. The molecule has 0 saturated carbocycles. The Morgan fingerprint density at radius 3 is 1.88 bits per heavy atom. The third kappa shape index (κ3) is 4.22. The fourth-order valence-electron chi connectivity index (χ4n) is 0.200. The highest BCUT2D eigenvalue weighted by Crippen LogP contribution is 1.85. The van der Waals surface area contributed by atoms with Crippen molar-refractivity contribution in [2.24, 2.45) is 4.99 Å². The van der Waals surface area contributed by atoms with Gasteiger partial charge in [-0.05, 0) is 11.6 Å². The molecule has 0 atom stereocenters. The molecule has 0 aliphatic rings. The van der Waals surface area contributed by atoms with Crippen LogP contribution in [0.3, 0.4) is 0 Å². The van der Waals surface area contributed by atoms with E-state index in [0.717, 1.165) is 0 Å². The summed E-state index contributed by atoms with van der Waals surface area (Å²) in [7, 11) is 5.34. The minimum absolute atomic E-state index is 0. The summed E-state index contributed by atoms with van der Waals surface area (Å²) in [5.74, 6) is 0. The number of hydrogen-bond acceptors (Lipinski definition) is 1. The number of halogens is 2. The van der Waals surface area contributed by atoms with Gasteiger partial charge in [0, 0.05) is 21.1 Å². The van der Waals surface area contributed by atoms with Gasteiger partial charge < -0.3 is 4.90 Å². The highest BCUT2D eigenvalue weighted by molar-refractivity contribution is 6.64. The quantitative estimate of drug-likeness (QED) is 0.293. The maximum absolute atomic E-state index is 5.48. The van der Waals surface area contributed by atoms with Crippen LogP contribution in [0.5, 0.6) is 0 Å². The first-order valence-electron chi connectivity index (χ1n) is 1.98. The van der Waals surface area contributed by atoms with Crippen LogP contribution >= 0.6 is 24.0 Å². The molecule has 0 amide bonds. The van der Waals surface area contributed by atoms with Crippen molar-refractivity contribution in [1.29, 1.82) is 0 Å². The zero-order valence-corrected chi connectivity index (χ0v) is 6.75. The largest absolute Gasteiger partial charge is 0.353 e. The fourth-order valence-corrected chi connectivity index (χ4v) is 0.200. The van der Waals surface area contributed by atoms with Gasteiger partial charge >= 0.3 is 0 Å². The van der Waals surface area contributed by atoms with Gasteiger partial charge in [0.15, 0.2) is 5.29 Å². The molecule has 0 aromatic heterocycles. The second-order valence-corrected chi connectivity index (χ2v) is 1.73. The smallest absolute Gasteiger partial charge is 0.193 e. The van der Waals surface area contributed by atoms with E-state index in [1.165, 1.54) is 0 Å². The number of nitrogens with zero attached hydrogens (tertiary/aromatic N) is 2. The van der Waals surface area contributed by atoms with Crippen LogP contribution in [0.15, 0.2) is 4.99 Å². The van der Waals surface area contributed by atoms with Gasteiger partial charge in [-0.25, -0.2) is 0 Å². The molecule has 0 aliphatic carbocycles. The van der Waals surface area contributed by atoms with Crippen LogP contribution in [0.2, 0.25) is 0 Å². The monoisotopic (exact) mass is 156 g/mol. The first-order chi connectivity index (χ1) is 3.18. The van der Waals surface area contributed by atoms with E-state index in [9.17, 15) is 0 Å². The predicted molar refractivity (Wildman–Crippen MR) is 40.1 cm³/mol. The van der Waals surface area contributed by atoms with E-state index in [2.05, 4.69) is 4.99 Å². The van der Waals surface area contributed by atoms with Gasteiger partial charge in [-0.2, -0.15) is 0 Å². The molecule has 0 spiro atoms. The molecule has 0 N–H and O–H groups in total. The maximum atomic E-state index is 5.48. The molecule has 4 heteroatoms. The molecule has 0 aromatic carbocycles. The Kier molecular flexibility index (Phi) is 7.09. The third-order valence-corrected chi connectivity index (χ3v) is 1.06. The van der Waals surface area contributed by atoms with Gasteiger partial charge in [0.05, 0.1) is 0 Å². The van der Waals surface area contributed by atoms with Crippen molar-refractivity contribution in [3.05, 3.63) is 0 Å². The zero-order chi connectivity index (χ0) is 5.86. The second-order valence-electron chi connectivity index (χ2n) is 1.39. The van der Waals surface area contributed by atoms with Crippen molar-refractivity contribution in [3.63, 3.8) is 0 Å². The van der Waals surface area contributed by atoms with Crippen molar-refractivity contribution in [1.82, 2.24) is 4.90 Å². The Morgan fingerprint density at radius 1 is 1.50 bits per heavy atom. The summed E-state index contributed by atoms with van der Waals surface area (Å²) >= 11 is 5.48. The lowest BCUT2D eigenvalue weighted by atomic mass is 10.9. The van der Waals surface area contributed by atoms with E-state index in [1.807, 2.05) is 14.1 Å². The first-order valence-corrected chi connectivity index (χ1v) is 2.36. The highest BCUT2D eigenvalue weighted by Gasteiger charge is 1.88. The van der Waals surface area contributed by atoms with Crippen LogP contribution in [-0.4, -0.2) is 31.3 Å². The van der Waals surface area contributed by atoms with Crippen LogP contribution in [0, 0.1) is 0 Å². The molecule has 0 heterocycles. The molecule has 0 radical (unpaired) electrons. The van der Waals surface area contributed by atoms with E-state index in [0.29, 0.717) is 5.29 Å². The van der Waals surface area contributed by atoms with Crippen LogP contribution in [-0.2, 0) is 0 Å². The van der Waals surface area contributed by atoms with Crippen molar-refractivity contribution in [2.75, 3.05) is 21.1 Å². The van der Waals surface area contributed by atoms with Gasteiger partial charge in [-0.15, -0.1) is 12.4 Å². The van der Waals surface area contributed by atoms with E-state index in [1.54, 1.807) is 11.9 Å². The summed E-state index contributed by atoms with van der Waals surface area (Å²) in [6, 6.07) is 0. The Labute approximate surface area is 60.9 Å². The van der Waals surface area contributed by atoms with E-state index in [4.69, 9.17) is 11.6 Å². The van der Waals surface area contributed by atoms with Crippen molar-refractivity contribution < 1.29 is 0 Å². The summed E-state index contributed by atoms with van der Waals surface area (Å²) in [5, 5.41) is 0.528. The van der Waals surface area contributed by atoms with E-state index >= 15 is 0 Å². The van der Waals surface area contributed by atoms with Crippen LogP contribution in [0.1, 0.15) is 0 Å². The van der Waals surface area contributed by atoms with Gasteiger partial charge in [-0.3, -0.25) is 4.99 Å². The molecule has 0 unspecified atom stereocenters. The summed E-state index contributed by atoms with van der Waals surface area (Å²) in [6.45, 7) is 0. The molecule has 2 nitrogen and oxygen atoms in total. The maximum Gasteiger partial charge on any atom is 0.193 e. The van der Waals surface area contributed by atoms with Gasteiger partial charge in [0.25, 0.3) is 0 Å². The zero-order valence-electron chi connectivity index (χ0n) is 5.18. The second kappa shape index (κ2) is 5.19. The lowest BCUT2D eigenvalue weighted by Crippen LogP contribution is -2.15. The Balaban J connectivity index is 0. The molecule has 50 valence electrons. The number of amidine groups is 1. The average Bonchev–Trinajstić information content (AvgIpc) is 1.65. The predicted octanol–water partition coefficient (Wildman–Crippen LogP) is 1.19. The Morgan fingerprint density at radius 2 is 1.88 bits per heavy atom. The SMILES string of the molecule is CN=C(Cl)N(C)C.Cl. The normalized spacial score (nSPS) is 10.2. The van der Waals surface area contributed by atoms with Crippen LogP contribution < -0.4 is 0 Å². The van der Waals surface area contributed by atoms with Crippen molar-refractivity contribution in [2.45, 2.75) is 0 Å². The van der Waals surface area contributed by atoms with E-state index in [-0.39, 0.29) is 12.4 Å². The molecule has 0 saturated heterocycles. The Hall–Kier alpha value is 0.0500. The molecular weight excluding hydrogens is 147 g/mol. The highest BCUT2D eigenvalue weighted by atomic mass is 35.5. The third-order valence-electron chi connectivity index (χ3n) is 0.554. The summed E-state index contributed by atoms with van der Waals surface area (Å²) in [4.78, 5) is 5.43. The molecule has 0 aromatic rings.